The summed E-state index contributed by atoms with van der Waals surface area (Å²) in [6.07, 6.45) is 6.38. The number of fused-ring (bicyclic) bond motifs is 1. The average Bonchev–Trinajstić information content (AvgIpc) is 2.78. The smallest absolute Gasteiger partial charge is 0.206 e. The molecule has 3 rings (SSSR count). The van der Waals surface area contributed by atoms with Crippen molar-refractivity contribution in [2.75, 3.05) is 0 Å². The number of aryl methyl sites for hydroxylation is 1. The Morgan fingerprint density at radius 2 is 1.91 bits per heavy atom. The second-order valence-corrected chi connectivity index (χ2v) is 6.81. The molecule has 0 radical (unpaired) electrons. The predicted molar refractivity (Wildman–Crippen MR) is 82.5 cm³/mol. The van der Waals surface area contributed by atoms with Gasteiger partial charge in [-0.1, -0.05) is 19.1 Å². The minimum Gasteiger partial charge on any atom is -0.206 e. The molecule has 1 unspecified atom stereocenters. The molecule has 0 nitrogen and oxygen atoms in total. The third-order valence-corrected chi connectivity index (χ3v) is 5.60. The Labute approximate surface area is 130 Å². The Bertz CT molecular complexity index is 568. The maximum Gasteiger partial charge on any atom is 0.279 e. The molecule has 2 aliphatic rings. The summed E-state index contributed by atoms with van der Waals surface area (Å²) < 4.78 is 43.8. The highest BCUT2D eigenvalue weighted by molar-refractivity contribution is 5.41. The maximum absolute atomic E-state index is 14.8. The van der Waals surface area contributed by atoms with Crippen LogP contribution in [0.25, 0.3) is 0 Å². The summed E-state index contributed by atoms with van der Waals surface area (Å²) in [5.41, 5.74) is 1.00. The Morgan fingerprint density at radius 1 is 1.23 bits per heavy atom. The maximum atomic E-state index is 14.8. The largest absolute Gasteiger partial charge is 0.279 e. The Kier molecular flexibility index (Phi) is 4.09. The molecule has 0 heterocycles. The Hall–Kier alpha value is -1.25. The van der Waals surface area contributed by atoms with E-state index < -0.39 is 17.7 Å². The van der Waals surface area contributed by atoms with Crippen molar-refractivity contribution in [1.29, 1.82) is 0 Å². The lowest BCUT2D eigenvalue weighted by molar-refractivity contribution is -0.0831. The van der Waals surface area contributed by atoms with Crippen LogP contribution in [0.15, 0.2) is 24.8 Å². The van der Waals surface area contributed by atoms with Crippen LogP contribution in [0.2, 0.25) is 0 Å². The van der Waals surface area contributed by atoms with Crippen LogP contribution in [0.3, 0.4) is 0 Å². The molecule has 22 heavy (non-hydrogen) atoms. The van der Waals surface area contributed by atoms with E-state index in [0.29, 0.717) is 24.3 Å². The molecule has 0 saturated heterocycles. The lowest BCUT2D eigenvalue weighted by atomic mass is 9.74. The minimum absolute atomic E-state index is 0.0110. The molecule has 3 heteroatoms. The van der Waals surface area contributed by atoms with Gasteiger partial charge in [-0.2, -0.15) is 0 Å². The van der Waals surface area contributed by atoms with Gasteiger partial charge in [-0.15, -0.1) is 6.58 Å². The van der Waals surface area contributed by atoms with Gasteiger partial charge in [-0.3, -0.25) is 0 Å². The van der Waals surface area contributed by atoms with Gasteiger partial charge in [0.1, 0.15) is 5.82 Å². The van der Waals surface area contributed by atoms with E-state index in [1.54, 1.807) is 6.07 Å². The van der Waals surface area contributed by atoms with E-state index in [2.05, 4.69) is 6.58 Å². The lowest BCUT2D eigenvalue weighted by Gasteiger charge is -2.34. The summed E-state index contributed by atoms with van der Waals surface area (Å²) in [5, 5.41) is 0. The zero-order chi connectivity index (χ0) is 15.9. The SMILES string of the molecule is C=CC1CCC(C2Cc3cc(CC)cc(F)c3C2(F)F)CC1. The third kappa shape index (κ3) is 2.49. The quantitative estimate of drug-likeness (QED) is 0.633. The van der Waals surface area contributed by atoms with E-state index in [0.717, 1.165) is 31.2 Å². The fourth-order valence-corrected chi connectivity index (χ4v) is 4.26. The zero-order valence-corrected chi connectivity index (χ0v) is 13.0. The van der Waals surface area contributed by atoms with E-state index in [9.17, 15) is 13.2 Å². The summed E-state index contributed by atoms with van der Waals surface area (Å²) in [5.74, 6) is -4.05. The molecule has 0 N–H and O–H groups in total. The van der Waals surface area contributed by atoms with Crippen LogP contribution in [0.5, 0.6) is 0 Å². The van der Waals surface area contributed by atoms with Crippen molar-refractivity contribution in [3.8, 4) is 0 Å². The van der Waals surface area contributed by atoms with Crippen molar-refractivity contribution >= 4 is 0 Å². The van der Waals surface area contributed by atoms with E-state index in [4.69, 9.17) is 0 Å². The molecule has 0 spiro atoms. The second kappa shape index (κ2) is 5.75. The third-order valence-electron chi connectivity index (χ3n) is 5.60. The van der Waals surface area contributed by atoms with Crippen LogP contribution in [0, 0.1) is 23.6 Å². The standard InChI is InChI=1S/C19H23F3/c1-3-12-5-7-14(8-6-12)16-11-15-9-13(4-2)10-17(20)18(15)19(16,21)22/h3,9-10,12,14,16H,1,4-8,11H2,2H3. The number of rotatable bonds is 3. The Balaban J connectivity index is 1.87. The second-order valence-electron chi connectivity index (χ2n) is 6.81. The molecule has 1 aromatic rings. The van der Waals surface area contributed by atoms with Crippen LogP contribution in [0.4, 0.5) is 13.2 Å². The Morgan fingerprint density at radius 3 is 2.50 bits per heavy atom. The molecular weight excluding hydrogens is 285 g/mol. The molecule has 0 bridgehead atoms. The van der Waals surface area contributed by atoms with Gasteiger partial charge in [-0.25, -0.2) is 13.2 Å². The number of allylic oxidation sites excluding steroid dienone is 1. The number of hydrogen-bond donors (Lipinski definition) is 0. The van der Waals surface area contributed by atoms with Gasteiger partial charge in [-0.05, 0) is 67.6 Å². The lowest BCUT2D eigenvalue weighted by Crippen LogP contribution is -2.31. The highest BCUT2D eigenvalue weighted by atomic mass is 19.3. The van der Waals surface area contributed by atoms with Gasteiger partial charge in [0.15, 0.2) is 0 Å². The van der Waals surface area contributed by atoms with Gasteiger partial charge < -0.3 is 0 Å². The van der Waals surface area contributed by atoms with Gasteiger partial charge >= 0.3 is 0 Å². The van der Waals surface area contributed by atoms with Crippen molar-refractivity contribution in [1.82, 2.24) is 0 Å². The molecule has 2 aliphatic carbocycles. The molecule has 1 fully saturated rings. The summed E-state index contributed by atoms with van der Waals surface area (Å²) in [7, 11) is 0. The molecule has 120 valence electrons. The van der Waals surface area contributed by atoms with E-state index in [1.165, 1.54) is 6.07 Å². The molecule has 1 saturated carbocycles. The van der Waals surface area contributed by atoms with Crippen LogP contribution in [-0.2, 0) is 18.8 Å². The number of hydrogen-bond acceptors (Lipinski definition) is 0. The zero-order valence-electron chi connectivity index (χ0n) is 13.0. The normalized spacial score (nSPS) is 30.1. The van der Waals surface area contributed by atoms with Crippen molar-refractivity contribution < 1.29 is 13.2 Å². The average molecular weight is 308 g/mol. The van der Waals surface area contributed by atoms with Gasteiger partial charge in [0.05, 0.1) is 5.56 Å². The first-order valence-corrected chi connectivity index (χ1v) is 8.29. The van der Waals surface area contributed by atoms with Gasteiger partial charge in [0.25, 0.3) is 5.92 Å². The van der Waals surface area contributed by atoms with Gasteiger partial charge in [0.2, 0.25) is 0 Å². The summed E-state index contributed by atoms with van der Waals surface area (Å²) >= 11 is 0. The minimum atomic E-state index is -3.03. The molecule has 0 aliphatic heterocycles. The van der Waals surface area contributed by atoms with Crippen molar-refractivity contribution in [3.63, 3.8) is 0 Å². The van der Waals surface area contributed by atoms with E-state index >= 15 is 0 Å². The summed E-state index contributed by atoms with van der Waals surface area (Å²) in [6, 6.07) is 3.06. The van der Waals surface area contributed by atoms with Gasteiger partial charge in [0, 0.05) is 5.92 Å². The van der Waals surface area contributed by atoms with Crippen molar-refractivity contribution in [2.24, 2.45) is 17.8 Å². The topological polar surface area (TPSA) is 0 Å². The highest BCUT2D eigenvalue weighted by Gasteiger charge is 2.53. The first-order valence-electron chi connectivity index (χ1n) is 8.29. The number of halogens is 3. The van der Waals surface area contributed by atoms with Crippen LogP contribution in [0.1, 0.15) is 49.3 Å². The van der Waals surface area contributed by atoms with Crippen LogP contribution >= 0.6 is 0 Å². The van der Waals surface area contributed by atoms with E-state index in [-0.39, 0.29) is 11.5 Å². The first-order chi connectivity index (χ1) is 10.5. The fraction of sp³-hybridized carbons (Fsp3) is 0.579. The van der Waals surface area contributed by atoms with Crippen LogP contribution in [-0.4, -0.2) is 0 Å². The molecule has 0 amide bonds. The first kappa shape index (κ1) is 15.6. The van der Waals surface area contributed by atoms with Crippen molar-refractivity contribution in [2.45, 2.75) is 51.4 Å². The number of benzene rings is 1. The van der Waals surface area contributed by atoms with E-state index in [1.807, 2.05) is 13.0 Å². The molecule has 1 atom stereocenters. The predicted octanol–water partition coefficient (Wildman–Crippen LogP) is 5.64. The summed E-state index contributed by atoms with van der Waals surface area (Å²) in [6.45, 7) is 5.72. The summed E-state index contributed by atoms with van der Waals surface area (Å²) in [4.78, 5) is 0. The monoisotopic (exact) mass is 308 g/mol. The molecule has 1 aromatic carbocycles. The number of alkyl halides is 2. The molecule has 0 aromatic heterocycles. The molecular formula is C19H23F3. The highest BCUT2D eigenvalue weighted by Crippen LogP contribution is 2.53. The fourth-order valence-electron chi connectivity index (χ4n) is 4.26. The van der Waals surface area contributed by atoms with Crippen LogP contribution < -0.4 is 0 Å². The van der Waals surface area contributed by atoms with Crippen molar-refractivity contribution in [3.05, 3.63) is 47.3 Å².